The van der Waals surface area contributed by atoms with Crippen LogP contribution in [0.1, 0.15) is 30.9 Å². The summed E-state index contributed by atoms with van der Waals surface area (Å²) < 4.78 is 20.8. The minimum atomic E-state index is -0.551. The lowest BCUT2D eigenvalue weighted by Crippen LogP contribution is -2.35. The minimum Gasteiger partial charge on any atom is -0.481 e. The van der Waals surface area contributed by atoms with Crippen LogP contribution in [0, 0.1) is 5.82 Å². The Morgan fingerprint density at radius 2 is 1.82 bits per heavy atom. The predicted octanol–water partition coefficient (Wildman–Crippen LogP) is 5.24. The Hall–Kier alpha value is -3.87. The van der Waals surface area contributed by atoms with Gasteiger partial charge in [-0.15, -0.1) is 0 Å². The highest BCUT2D eigenvalue weighted by molar-refractivity contribution is 6.39. The van der Waals surface area contributed by atoms with Gasteiger partial charge in [0, 0.05) is 73.3 Å². The number of anilines is 2. The number of nitrogens with one attached hydrogen (secondary N) is 4. The van der Waals surface area contributed by atoms with Crippen molar-refractivity contribution in [1.29, 1.82) is 0 Å². The van der Waals surface area contributed by atoms with Crippen LogP contribution >= 0.6 is 23.2 Å². The average molecular weight is 655 g/mol. The van der Waals surface area contributed by atoms with Gasteiger partial charge in [-0.1, -0.05) is 47.5 Å². The molecule has 2 atom stereocenters. The highest BCUT2D eigenvalue weighted by Gasteiger charge is 2.21. The molecule has 1 fully saturated rings. The van der Waals surface area contributed by atoms with E-state index in [1.807, 2.05) is 24.3 Å². The van der Waals surface area contributed by atoms with Crippen LogP contribution in [0.25, 0.3) is 22.5 Å². The molecule has 0 radical (unpaired) electrons. The maximum atomic E-state index is 15.2. The number of methoxy groups -OCH3 is 1. The summed E-state index contributed by atoms with van der Waals surface area (Å²) in [7, 11) is 1.56. The minimum absolute atomic E-state index is 0.00381. The fourth-order valence-electron chi connectivity index (χ4n) is 5.03. The number of aliphatic hydroxyl groups is 1. The van der Waals surface area contributed by atoms with Gasteiger partial charge in [0.2, 0.25) is 11.8 Å². The molecule has 13 heteroatoms. The van der Waals surface area contributed by atoms with E-state index >= 15 is 4.39 Å². The van der Waals surface area contributed by atoms with Crippen LogP contribution in [0.5, 0.6) is 5.88 Å². The van der Waals surface area contributed by atoms with Crippen molar-refractivity contribution >= 4 is 40.6 Å². The quantitative estimate of drug-likeness (QED) is 0.131. The monoisotopic (exact) mass is 653 g/mol. The first kappa shape index (κ1) is 32.5. The van der Waals surface area contributed by atoms with Crippen molar-refractivity contribution in [3.05, 3.63) is 81.8 Å². The first-order chi connectivity index (χ1) is 21.7. The number of halogens is 3. The molecule has 45 heavy (non-hydrogen) atoms. The second-order valence-electron chi connectivity index (χ2n) is 10.7. The zero-order chi connectivity index (χ0) is 31.9. The van der Waals surface area contributed by atoms with Gasteiger partial charge >= 0.3 is 0 Å². The van der Waals surface area contributed by atoms with Gasteiger partial charge in [-0.05, 0) is 31.5 Å². The Balaban J connectivity index is 1.36. The largest absolute Gasteiger partial charge is 0.481 e. The van der Waals surface area contributed by atoms with Gasteiger partial charge in [-0.3, -0.25) is 9.78 Å². The fraction of sp³-hybridized carbons (Fsp3) is 0.312. The Kier molecular flexibility index (Phi) is 10.8. The van der Waals surface area contributed by atoms with Crippen molar-refractivity contribution < 1.29 is 19.0 Å². The molecule has 0 spiro atoms. The average Bonchev–Trinajstić information content (AvgIpc) is 3.45. The number of aromatic nitrogens is 3. The van der Waals surface area contributed by atoms with Crippen molar-refractivity contribution in [2.75, 3.05) is 25.5 Å². The Morgan fingerprint density at radius 1 is 1.04 bits per heavy atom. The molecule has 0 unspecified atom stereocenters. The smallest absolute Gasteiger partial charge is 0.220 e. The Labute approximate surface area is 270 Å². The number of ether oxygens (including phenoxy) is 1. The van der Waals surface area contributed by atoms with E-state index in [1.165, 1.54) is 6.20 Å². The van der Waals surface area contributed by atoms with E-state index < -0.39 is 11.9 Å². The summed E-state index contributed by atoms with van der Waals surface area (Å²) in [6.45, 7) is 3.38. The molecule has 236 valence electrons. The zero-order valence-electron chi connectivity index (χ0n) is 24.8. The summed E-state index contributed by atoms with van der Waals surface area (Å²) in [4.78, 5) is 24.8. The first-order valence-corrected chi connectivity index (χ1v) is 15.3. The summed E-state index contributed by atoms with van der Waals surface area (Å²) in [5.74, 6) is 0.00804. The normalized spacial score (nSPS) is 15.2. The van der Waals surface area contributed by atoms with Crippen LogP contribution in [0.15, 0.2) is 54.9 Å². The Morgan fingerprint density at radius 3 is 2.58 bits per heavy atom. The zero-order valence-corrected chi connectivity index (χ0v) is 26.3. The van der Waals surface area contributed by atoms with Gasteiger partial charge < -0.3 is 31.1 Å². The van der Waals surface area contributed by atoms with E-state index in [0.29, 0.717) is 70.7 Å². The molecule has 0 aliphatic carbocycles. The van der Waals surface area contributed by atoms with Crippen molar-refractivity contribution in [3.63, 3.8) is 0 Å². The summed E-state index contributed by atoms with van der Waals surface area (Å²) in [6.07, 6.45) is 3.88. The van der Waals surface area contributed by atoms with Crippen LogP contribution in [0.3, 0.4) is 0 Å². The lowest BCUT2D eigenvalue weighted by Gasteiger charge is -2.16. The van der Waals surface area contributed by atoms with Crippen LogP contribution in [-0.2, 0) is 17.9 Å². The third-order valence-electron chi connectivity index (χ3n) is 7.32. The second-order valence-corrected chi connectivity index (χ2v) is 11.5. The highest BCUT2D eigenvalue weighted by Crippen LogP contribution is 2.41. The maximum Gasteiger partial charge on any atom is 0.220 e. The van der Waals surface area contributed by atoms with Crippen LogP contribution < -0.4 is 26.0 Å². The molecule has 3 aromatic heterocycles. The number of carbonyl (C=O) groups is 1. The molecule has 5 N–H and O–H groups in total. The van der Waals surface area contributed by atoms with Gasteiger partial charge in [-0.2, -0.15) is 0 Å². The van der Waals surface area contributed by atoms with E-state index in [-0.39, 0.29) is 29.3 Å². The van der Waals surface area contributed by atoms with E-state index in [0.717, 1.165) is 12.0 Å². The van der Waals surface area contributed by atoms with Gasteiger partial charge in [0.15, 0.2) is 11.6 Å². The second kappa shape index (κ2) is 14.9. The van der Waals surface area contributed by atoms with Gasteiger partial charge in [0.05, 0.1) is 40.3 Å². The molecular weight excluding hydrogens is 620 g/mol. The standard InChI is InChI=1S/C32H34Cl2FN7O3/c1-18(43)14-36-15-19-10-12-39-31(29(19)35)41-25-11-13-38-30(28(25)34)23-5-3-4-22(27(23)33)24-8-6-20(32(42-24)45-2)16-37-17-21-7-9-26(44)40-21/h3-6,8,10-13,18,21,36-37,43H,7,9,14-17H2,1-2H3,(H,40,44)(H,38,39,41)/t18-,21-/m0/s1. The van der Waals surface area contributed by atoms with Crippen molar-refractivity contribution in [2.45, 2.75) is 45.0 Å². The van der Waals surface area contributed by atoms with E-state index in [2.05, 4.69) is 31.2 Å². The highest BCUT2D eigenvalue weighted by atomic mass is 35.5. The van der Waals surface area contributed by atoms with Gasteiger partial charge in [0.1, 0.15) is 0 Å². The fourth-order valence-corrected chi connectivity index (χ4v) is 5.61. The number of amides is 1. The molecule has 1 aromatic carbocycles. The molecule has 4 heterocycles. The molecule has 1 aliphatic heterocycles. The predicted molar refractivity (Wildman–Crippen MR) is 173 cm³/mol. The third kappa shape index (κ3) is 7.86. The summed E-state index contributed by atoms with van der Waals surface area (Å²) >= 11 is 13.7. The summed E-state index contributed by atoms with van der Waals surface area (Å²) in [5.41, 5.74) is 3.88. The number of hydrogen-bond donors (Lipinski definition) is 5. The Bertz CT molecular complexity index is 1670. The molecule has 0 saturated carbocycles. The number of pyridine rings is 3. The van der Waals surface area contributed by atoms with E-state index in [1.54, 1.807) is 38.4 Å². The number of aliphatic hydroxyl groups excluding tert-OH is 1. The van der Waals surface area contributed by atoms with Crippen LogP contribution in [0.2, 0.25) is 10.0 Å². The maximum absolute atomic E-state index is 15.2. The number of benzene rings is 1. The van der Waals surface area contributed by atoms with E-state index in [9.17, 15) is 9.90 Å². The lowest BCUT2D eigenvalue weighted by molar-refractivity contribution is -0.119. The number of rotatable bonds is 13. The van der Waals surface area contributed by atoms with Crippen molar-refractivity contribution in [1.82, 2.24) is 30.9 Å². The third-order valence-corrected chi connectivity index (χ3v) is 8.11. The molecule has 1 aliphatic rings. The topological polar surface area (TPSA) is 133 Å². The summed E-state index contributed by atoms with van der Waals surface area (Å²) in [6, 6.07) is 12.6. The van der Waals surface area contributed by atoms with Gasteiger partial charge in [0.25, 0.3) is 0 Å². The molecular formula is C32H34Cl2FN7O3. The number of carbonyl (C=O) groups excluding carboxylic acids is 1. The first-order valence-electron chi connectivity index (χ1n) is 14.5. The van der Waals surface area contributed by atoms with Gasteiger partial charge in [-0.25, -0.2) is 14.4 Å². The van der Waals surface area contributed by atoms with E-state index in [4.69, 9.17) is 32.9 Å². The molecule has 5 rings (SSSR count). The molecule has 0 bridgehead atoms. The SMILES string of the molecule is COc1nc(-c2cccc(-c3nccc(Nc4nccc(CNC[C@H](C)O)c4F)c3Cl)c2Cl)ccc1CNC[C@@H]1CCC(=O)N1. The van der Waals surface area contributed by atoms with Crippen molar-refractivity contribution in [3.8, 4) is 28.4 Å². The van der Waals surface area contributed by atoms with Crippen molar-refractivity contribution in [2.24, 2.45) is 0 Å². The molecule has 1 saturated heterocycles. The lowest BCUT2D eigenvalue weighted by atomic mass is 10.0. The molecule has 4 aromatic rings. The van der Waals surface area contributed by atoms with Crippen LogP contribution in [-0.4, -0.2) is 58.3 Å². The molecule has 10 nitrogen and oxygen atoms in total. The molecule has 1 amide bonds. The summed E-state index contributed by atoms with van der Waals surface area (Å²) in [5, 5.41) is 22.4. The van der Waals surface area contributed by atoms with Crippen LogP contribution in [0.4, 0.5) is 15.9 Å². The number of nitrogens with zero attached hydrogens (tertiary/aromatic N) is 3. The number of hydrogen-bond acceptors (Lipinski definition) is 9.